The van der Waals surface area contributed by atoms with Gasteiger partial charge in [-0.25, -0.2) is 0 Å². The number of hydrogen-bond acceptors (Lipinski definition) is 2. The minimum Gasteiger partial charge on any atom is -0.492 e. The second-order valence-electron chi connectivity index (χ2n) is 5.27. The van der Waals surface area contributed by atoms with E-state index in [-0.39, 0.29) is 11.8 Å². The molecule has 1 aliphatic heterocycles. The minimum atomic E-state index is -0.163. The van der Waals surface area contributed by atoms with Crippen molar-refractivity contribution in [3.63, 3.8) is 0 Å². The first-order valence-corrected chi connectivity index (χ1v) is 8.23. The number of hydrogen-bond donors (Lipinski definition) is 1. The number of amides is 1. The molecular weight excluding hydrogens is 366 g/mol. The third kappa shape index (κ3) is 3.45. The van der Waals surface area contributed by atoms with Gasteiger partial charge in [0.05, 0.1) is 5.92 Å². The highest BCUT2D eigenvalue weighted by atomic mass is 79.9. The van der Waals surface area contributed by atoms with Crippen LogP contribution < -0.4 is 10.1 Å². The first-order chi connectivity index (χ1) is 10.6. The third-order valence-electron chi connectivity index (χ3n) is 3.72. The second-order valence-corrected chi connectivity index (χ2v) is 6.60. The van der Waals surface area contributed by atoms with Crippen LogP contribution in [0.25, 0.3) is 0 Å². The van der Waals surface area contributed by atoms with Crippen LogP contribution >= 0.6 is 27.5 Å². The van der Waals surface area contributed by atoms with Gasteiger partial charge in [-0.1, -0.05) is 51.8 Å². The van der Waals surface area contributed by atoms with Crippen LogP contribution in [-0.2, 0) is 17.8 Å². The monoisotopic (exact) mass is 379 g/mol. The smallest absolute Gasteiger partial charge is 0.227 e. The van der Waals surface area contributed by atoms with E-state index in [4.69, 9.17) is 16.3 Å². The number of nitrogens with one attached hydrogen (secondary N) is 1. The Labute approximate surface area is 142 Å². The van der Waals surface area contributed by atoms with Crippen molar-refractivity contribution in [3.8, 4) is 5.75 Å². The van der Waals surface area contributed by atoms with E-state index >= 15 is 0 Å². The molecule has 0 saturated heterocycles. The summed E-state index contributed by atoms with van der Waals surface area (Å²) in [7, 11) is 0. The van der Waals surface area contributed by atoms with Gasteiger partial charge in [0.15, 0.2) is 0 Å². The molecule has 0 radical (unpaired) electrons. The summed E-state index contributed by atoms with van der Waals surface area (Å²) in [6, 6.07) is 13.5. The topological polar surface area (TPSA) is 38.3 Å². The Bertz CT molecular complexity index is 705. The van der Waals surface area contributed by atoms with Crippen molar-refractivity contribution < 1.29 is 9.53 Å². The molecule has 2 aromatic carbocycles. The van der Waals surface area contributed by atoms with Gasteiger partial charge in [0.1, 0.15) is 12.4 Å². The third-order valence-corrected chi connectivity index (χ3v) is 4.56. The van der Waals surface area contributed by atoms with Gasteiger partial charge in [0.25, 0.3) is 0 Å². The lowest BCUT2D eigenvalue weighted by Gasteiger charge is -2.24. The normalized spacial score (nSPS) is 16.5. The van der Waals surface area contributed by atoms with Gasteiger partial charge >= 0.3 is 0 Å². The highest BCUT2D eigenvalue weighted by Gasteiger charge is 2.25. The zero-order valence-corrected chi connectivity index (χ0v) is 14.2. The van der Waals surface area contributed by atoms with Gasteiger partial charge in [0, 0.05) is 16.0 Å². The number of carbonyl (C=O) groups excluding carboxylic acids is 1. The van der Waals surface area contributed by atoms with Crippen molar-refractivity contribution in [1.82, 2.24) is 5.32 Å². The number of halogens is 2. The number of para-hydroxylation sites is 1. The molecule has 3 nitrogen and oxygen atoms in total. The molecule has 5 heteroatoms. The lowest BCUT2D eigenvalue weighted by molar-refractivity contribution is -0.126. The summed E-state index contributed by atoms with van der Waals surface area (Å²) < 4.78 is 6.58. The average Bonchev–Trinajstić information content (AvgIpc) is 2.53. The molecule has 3 rings (SSSR count). The summed E-state index contributed by atoms with van der Waals surface area (Å²) >= 11 is 9.53. The first kappa shape index (κ1) is 15.4. The Morgan fingerprint density at radius 1 is 1.32 bits per heavy atom. The van der Waals surface area contributed by atoms with E-state index in [0.717, 1.165) is 21.3 Å². The number of ether oxygens (including phenoxy) is 1. The largest absolute Gasteiger partial charge is 0.492 e. The molecule has 1 heterocycles. The summed E-state index contributed by atoms with van der Waals surface area (Å²) in [4.78, 5) is 12.3. The Hall–Kier alpha value is -1.52. The fourth-order valence-corrected chi connectivity index (χ4v) is 3.23. The molecule has 22 heavy (non-hydrogen) atoms. The molecule has 0 aromatic heterocycles. The van der Waals surface area contributed by atoms with Crippen LogP contribution in [0.3, 0.4) is 0 Å². The van der Waals surface area contributed by atoms with Crippen LogP contribution in [0.1, 0.15) is 11.1 Å². The Morgan fingerprint density at radius 3 is 2.95 bits per heavy atom. The first-order valence-electron chi connectivity index (χ1n) is 7.06. The summed E-state index contributed by atoms with van der Waals surface area (Å²) in [5, 5.41) is 3.58. The highest BCUT2D eigenvalue weighted by Crippen LogP contribution is 2.27. The van der Waals surface area contributed by atoms with Crippen LogP contribution in [0.5, 0.6) is 5.75 Å². The summed E-state index contributed by atoms with van der Waals surface area (Å²) in [6.45, 7) is 0.833. The van der Waals surface area contributed by atoms with Crippen molar-refractivity contribution in [2.45, 2.75) is 13.0 Å². The van der Waals surface area contributed by atoms with E-state index in [1.165, 1.54) is 0 Å². The van der Waals surface area contributed by atoms with E-state index in [1.54, 1.807) is 0 Å². The van der Waals surface area contributed by atoms with E-state index in [9.17, 15) is 4.79 Å². The molecule has 1 amide bonds. The molecule has 1 unspecified atom stereocenters. The Morgan fingerprint density at radius 2 is 2.14 bits per heavy atom. The standard InChI is InChI=1S/C17H15BrClNO2/c18-14-6-5-12(15(19)8-14)9-20-17(21)13-7-11-3-1-2-4-16(11)22-10-13/h1-6,8,13H,7,9-10H2,(H,20,21). The van der Waals surface area contributed by atoms with Crippen molar-refractivity contribution in [2.24, 2.45) is 5.92 Å². The van der Waals surface area contributed by atoms with E-state index in [1.807, 2.05) is 42.5 Å². The summed E-state index contributed by atoms with van der Waals surface area (Å²) in [5.41, 5.74) is 1.98. The van der Waals surface area contributed by atoms with Gasteiger partial charge < -0.3 is 10.1 Å². The van der Waals surface area contributed by atoms with Gasteiger partial charge in [-0.15, -0.1) is 0 Å². The molecule has 0 fully saturated rings. The van der Waals surface area contributed by atoms with Crippen LogP contribution in [0.15, 0.2) is 46.9 Å². The van der Waals surface area contributed by atoms with E-state index < -0.39 is 0 Å². The molecule has 0 bridgehead atoms. The maximum Gasteiger partial charge on any atom is 0.227 e. The van der Waals surface area contributed by atoms with Gasteiger partial charge in [-0.3, -0.25) is 4.79 Å². The molecule has 1 atom stereocenters. The van der Waals surface area contributed by atoms with Gasteiger partial charge in [0.2, 0.25) is 5.91 Å². The minimum absolute atomic E-state index is 0.00603. The molecule has 114 valence electrons. The fourth-order valence-electron chi connectivity index (χ4n) is 2.49. The Kier molecular flexibility index (Phi) is 4.69. The van der Waals surface area contributed by atoms with E-state index in [0.29, 0.717) is 24.6 Å². The quantitative estimate of drug-likeness (QED) is 0.875. The van der Waals surface area contributed by atoms with Crippen LogP contribution in [0, 0.1) is 5.92 Å². The molecule has 0 saturated carbocycles. The predicted octanol–water partition coefficient (Wildman–Crippen LogP) is 3.97. The van der Waals surface area contributed by atoms with Crippen molar-refractivity contribution >= 4 is 33.4 Å². The number of carbonyl (C=O) groups is 1. The van der Waals surface area contributed by atoms with Crippen molar-refractivity contribution in [2.75, 3.05) is 6.61 Å². The van der Waals surface area contributed by atoms with Crippen LogP contribution in [-0.4, -0.2) is 12.5 Å². The molecule has 1 aliphatic rings. The van der Waals surface area contributed by atoms with Crippen molar-refractivity contribution in [1.29, 1.82) is 0 Å². The zero-order chi connectivity index (χ0) is 15.5. The lowest BCUT2D eigenvalue weighted by atomic mass is 9.96. The number of rotatable bonds is 3. The second kappa shape index (κ2) is 6.71. The van der Waals surface area contributed by atoms with Crippen molar-refractivity contribution in [3.05, 3.63) is 63.1 Å². The SMILES string of the molecule is O=C(NCc1ccc(Br)cc1Cl)C1COc2ccccc2C1. The predicted molar refractivity (Wildman–Crippen MR) is 90.1 cm³/mol. The zero-order valence-electron chi connectivity index (χ0n) is 11.8. The Balaban J connectivity index is 1.61. The maximum absolute atomic E-state index is 12.3. The highest BCUT2D eigenvalue weighted by molar-refractivity contribution is 9.10. The van der Waals surface area contributed by atoms with Gasteiger partial charge in [-0.05, 0) is 35.7 Å². The lowest BCUT2D eigenvalue weighted by Crippen LogP contribution is -2.37. The van der Waals surface area contributed by atoms with E-state index in [2.05, 4.69) is 21.2 Å². The molecule has 0 spiro atoms. The molecule has 2 aromatic rings. The summed E-state index contributed by atoms with van der Waals surface area (Å²) in [6.07, 6.45) is 0.704. The van der Waals surface area contributed by atoms with Crippen LogP contribution in [0.4, 0.5) is 0 Å². The van der Waals surface area contributed by atoms with Gasteiger partial charge in [-0.2, -0.15) is 0 Å². The average molecular weight is 381 g/mol. The molecular formula is C17H15BrClNO2. The number of fused-ring (bicyclic) bond motifs is 1. The maximum atomic E-state index is 12.3. The molecule has 1 N–H and O–H groups in total. The fraction of sp³-hybridized carbons (Fsp3) is 0.235. The summed E-state index contributed by atoms with van der Waals surface area (Å²) in [5.74, 6) is 0.708. The number of benzene rings is 2. The molecule has 0 aliphatic carbocycles. The van der Waals surface area contributed by atoms with Crippen LogP contribution in [0.2, 0.25) is 5.02 Å².